The van der Waals surface area contributed by atoms with Crippen LogP contribution >= 0.6 is 0 Å². The minimum absolute atomic E-state index is 0.0650. The number of ether oxygens (including phenoxy) is 2. The minimum atomic E-state index is -0.440. The molecule has 4 heteroatoms. The van der Waals surface area contributed by atoms with Gasteiger partial charge in [0.2, 0.25) is 0 Å². The van der Waals surface area contributed by atoms with Crippen LogP contribution in [0.2, 0.25) is 0 Å². The Morgan fingerprint density at radius 3 is 2.53 bits per heavy atom. The molecule has 0 unspecified atom stereocenters. The summed E-state index contributed by atoms with van der Waals surface area (Å²) in [5.74, 6) is -0.0530. The van der Waals surface area contributed by atoms with E-state index < -0.39 is 5.82 Å². The van der Waals surface area contributed by atoms with Crippen molar-refractivity contribution in [2.75, 3.05) is 7.11 Å². The number of benzene rings is 2. The molecule has 0 aromatic heterocycles. The zero-order chi connectivity index (χ0) is 13.8. The van der Waals surface area contributed by atoms with Gasteiger partial charge in [-0.2, -0.15) is 0 Å². The van der Waals surface area contributed by atoms with Gasteiger partial charge in [0.1, 0.15) is 18.2 Å². The molecule has 2 aromatic carbocycles. The van der Waals surface area contributed by atoms with Gasteiger partial charge in [-0.15, -0.1) is 0 Å². The van der Waals surface area contributed by atoms with Crippen LogP contribution in [-0.4, -0.2) is 7.11 Å². The molecule has 2 rings (SSSR count). The lowest BCUT2D eigenvalue weighted by Crippen LogP contribution is -2.01. The maximum Gasteiger partial charge on any atom is 0.171 e. The monoisotopic (exact) mass is 264 g/mol. The van der Waals surface area contributed by atoms with Crippen molar-refractivity contribution in [2.45, 2.75) is 13.5 Å². The third-order valence-corrected chi connectivity index (χ3v) is 2.78. The molecule has 0 bridgehead atoms. The highest BCUT2D eigenvalue weighted by molar-refractivity contribution is 5.34. The Morgan fingerprint density at radius 1 is 1.05 bits per heavy atom. The molecule has 0 aliphatic carbocycles. The third kappa shape index (κ3) is 3.02. The van der Waals surface area contributed by atoms with Crippen molar-refractivity contribution < 1.29 is 18.3 Å². The van der Waals surface area contributed by atoms with E-state index in [1.54, 1.807) is 25.1 Å². The summed E-state index contributed by atoms with van der Waals surface area (Å²) in [6.45, 7) is 1.80. The average Bonchev–Trinajstić information content (AvgIpc) is 2.39. The SMILES string of the molecule is COc1cccc(COc2ccc(F)cc2C)c1F. The molecule has 0 heterocycles. The lowest BCUT2D eigenvalue weighted by molar-refractivity contribution is 0.293. The maximum absolute atomic E-state index is 13.9. The van der Waals surface area contributed by atoms with Crippen LogP contribution in [0.5, 0.6) is 11.5 Å². The van der Waals surface area contributed by atoms with E-state index in [9.17, 15) is 8.78 Å². The molecular formula is C15H14F2O2. The standard InChI is InChI=1S/C15H14F2O2/c1-10-8-12(16)6-7-13(10)19-9-11-4-3-5-14(18-2)15(11)17/h3-8H,9H2,1-2H3. The second kappa shape index (κ2) is 5.69. The van der Waals surface area contributed by atoms with Gasteiger partial charge in [-0.1, -0.05) is 12.1 Å². The van der Waals surface area contributed by atoms with Crippen molar-refractivity contribution >= 4 is 0 Å². The van der Waals surface area contributed by atoms with Crippen LogP contribution < -0.4 is 9.47 Å². The van der Waals surface area contributed by atoms with Gasteiger partial charge in [0.25, 0.3) is 0 Å². The van der Waals surface area contributed by atoms with Gasteiger partial charge >= 0.3 is 0 Å². The largest absolute Gasteiger partial charge is 0.494 e. The first-order valence-electron chi connectivity index (χ1n) is 5.82. The molecule has 2 nitrogen and oxygen atoms in total. The third-order valence-electron chi connectivity index (χ3n) is 2.78. The highest BCUT2D eigenvalue weighted by Gasteiger charge is 2.09. The van der Waals surface area contributed by atoms with E-state index in [2.05, 4.69) is 0 Å². The topological polar surface area (TPSA) is 18.5 Å². The van der Waals surface area contributed by atoms with Crippen molar-refractivity contribution in [3.63, 3.8) is 0 Å². The number of halogens is 2. The van der Waals surface area contributed by atoms with Gasteiger partial charge < -0.3 is 9.47 Å². The maximum atomic E-state index is 13.9. The molecule has 19 heavy (non-hydrogen) atoms. The van der Waals surface area contributed by atoms with E-state index >= 15 is 0 Å². The first-order chi connectivity index (χ1) is 9.11. The number of aryl methyl sites for hydroxylation is 1. The highest BCUT2D eigenvalue weighted by atomic mass is 19.1. The summed E-state index contributed by atoms with van der Waals surface area (Å²) in [5, 5.41) is 0. The summed E-state index contributed by atoms with van der Waals surface area (Å²) >= 11 is 0. The van der Waals surface area contributed by atoms with Crippen molar-refractivity contribution in [3.8, 4) is 11.5 Å². The predicted molar refractivity (Wildman–Crippen MR) is 68.4 cm³/mol. The molecule has 0 aliphatic heterocycles. The van der Waals surface area contributed by atoms with Crippen molar-refractivity contribution in [1.29, 1.82) is 0 Å². The molecule has 2 aromatic rings. The smallest absolute Gasteiger partial charge is 0.171 e. The Morgan fingerprint density at radius 2 is 1.84 bits per heavy atom. The minimum Gasteiger partial charge on any atom is -0.494 e. The molecule has 0 atom stereocenters. The molecule has 0 aliphatic rings. The molecule has 0 saturated heterocycles. The zero-order valence-electron chi connectivity index (χ0n) is 10.7. The van der Waals surface area contributed by atoms with Crippen LogP contribution in [0.1, 0.15) is 11.1 Å². The molecule has 0 N–H and O–H groups in total. The molecule has 0 amide bonds. The number of rotatable bonds is 4. The summed E-state index contributed by atoms with van der Waals surface area (Å²) in [7, 11) is 1.41. The van der Waals surface area contributed by atoms with Crippen molar-refractivity contribution in [3.05, 3.63) is 59.2 Å². The van der Waals surface area contributed by atoms with Gasteiger partial charge in [-0.3, -0.25) is 0 Å². The fourth-order valence-corrected chi connectivity index (χ4v) is 1.76. The second-order valence-electron chi connectivity index (χ2n) is 4.13. The van der Waals surface area contributed by atoms with E-state index in [0.29, 0.717) is 16.9 Å². The Hall–Kier alpha value is -2.10. The molecule has 0 spiro atoms. The Kier molecular flexibility index (Phi) is 4.00. The fraction of sp³-hybridized carbons (Fsp3) is 0.200. The van der Waals surface area contributed by atoms with Crippen LogP contribution in [0, 0.1) is 18.6 Å². The van der Waals surface area contributed by atoms with Gasteiger partial charge in [0.15, 0.2) is 11.6 Å². The van der Waals surface area contributed by atoms with E-state index in [4.69, 9.17) is 9.47 Å². The van der Waals surface area contributed by atoms with Gasteiger partial charge in [-0.25, -0.2) is 8.78 Å². The second-order valence-corrected chi connectivity index (χ2v) is 4.13. The number of hydrogen-bond acceptors (Lipinski definition) is 2. The Bertz CT molecular complexity index is 582. The van der Waals surface area contributed by atoms with E-state index in [1.807, 2.05) is 0 Å². The lowest BCUT2D eigenvalue weighted by Gasteiger charge is -2.11. The summed E-state index contributed by atoms with van der Waals surface area (Å²) < 4.78 is 37.2. The van der Waals surface area contributed by atoms with Crippen molar-refractivity contribution in [1.82, 2.24) is 0 Å². The van der Waals surface area contributed by atoms with Crippen LogP contribution in [-0.2, 0) is 6.61 Å². The quantitative estimate of drug-likeness (QED) is 0.834. The molecule has 100 valence electrons. The summed E-state index contributed by atoms with van der Waals surface area (Å²) in [5.41, 5.74) is 1.06. The van der Waals surface area contributed by atoms with Crippen LogP contribution in [0.15, 0.2) is 36.4 Å². The van der Waals surface area contributed by atoms with Gasteiger partial charge in [0, 0.05) is 5.56 Å². The highest BCUT2D eigenvalue weighted by Crippen LogP contribution is 2.23. The predicted octanol–water partition coefficient (Wildman–Crippen LogP) is 3.86. The average molecular weight is 264 g/mol. The van der Waals surface area contributed by atoms with Crippen LogP contribution in [0.25, 0.3) is 0 Å². The Balaban J connectivity index is 2.14. The van der Waals surface area contributed by atoms with Gasteiger partial charge in [-0.05, 0) is 36.8 Å². The van der Waals surface area contributed by atoms with E-state index in [1.165, 1.54) is 25.3 Å². The summed E-state index contributed by atoms with van der Waals surface area (Å²) in [4.78, 5) is 0. The normalized spacial score (nSPS) is 10.3. The number of hydrogen-bond donors (Lipinski definition) is 0. The molecule has 0 radical (unpaired) electrons. The van der Waals surface area contributed by atoms with Crippen LogP contribution in [0.4, 0.5) is 8.78 Å². The van der Waals surface area contributed by atoms with Crippen LogP contribution in [0.3, 0.4) is 0 Å². The van der Waals surface area contributed by atoms with Crippen molar-refractivity contribution in [2.24, 2.45) is 0 Å². The number of methoxy groups -OCH3 is 1. The van der Waals surface area contributed by atoms with E-state index in [-0.39, 0.29) is 18.2 Å². The van der Waals surface area contributed by atoms with Gasteiger partial charge in [0.05, 0.1) is 7.11 Å². The zero-order valence-corrected chi connectivity index (χ0v) is 10.7. The summed E-state index contributed by atoms with van der Waals surface area (Å²) in [6, 6.07) is 9.07. The molecule has 0 saturated carbocycles. The first kappa shape index (κ1) is 13.3. The lowest BCUT2D eigenvalue weighted by atomic mass is 10.2. The summed E-state index contributed by atoms with van der Waals surface area (Å²) in [6.07, 6.45) is 0. The fourth-order valence-electron chi connectivity index (χ4n) is 1.76. The first-order valence-corrected chi connectivity index (χ1v) is 5.82. The van der Waals surface area contributed by atoms with E-state index in [0.717, 1.165) is 0 Å². The Labute approximate surface area is 110 Å². The molecular weight excluding hydrogens is 250 g/mol. The molecule has 0 fully saturated rings.